The van der Waals surface area contributed by atoms with Gasteiger partial charge in [0.2, 0.25) is 0 Å². The zero-order chi connectivity index (χ0) is 29.3. The number of rotatable bonds is 7. The molecule has 2 atom stereocenters. The number of amides is 1. The van der Waals surface area contributed by atoms with Gasteiger partial charge in [0.15, 0.2) is 0 Å². The van der Waals surface area contributed by atoms with Crippen molar-refractivity contribution < 1.29 is 27.1 Å². The molecule has 1 amide bonds. The van der Waals surface area contributed by atoms with Crippen molar-refractivity contribution in [1.82, 2.24) is 14.7 Å². The lowest BCUT2D eigenvalue weighted by atomic mass is 9.85. The van der Waals surface area contributed by atoms with E-state index in [9.17, 15) is 18.0 Å². The van der Waals surface area contributed by atoms with Gasteiger partial charge in [-0.15, -0.1) is 25.6 Å². The van der Waals surface area contributed by atoms with E-state index in [-0.39, 0.29) is 48.4 Å². The Morgan fingerprint density at radius 3 is 2.52 bits per heavy atom. The molecule has 42 heavy (non-hydrogen) atoms. The average molecular weight is 625 g/mol. The van der Waals surface area contributed by atoms with Gasteiger partial charge in [0.05, 0.1) is 10.7 Å². The van der Waals surface area contributed by atoms with Crippen molar-refractivity contribution in [3.8, 4) is 5.75 Å². The molecule has 0 spiro atoms. The molecule has 4 aromatic rings. The number of carbonyl (C=O) groups is 1. The molecule has 3 heterocycles. The summed E-state index contributed by atoms with van der Waals surface area (Å²) in [5.74, 6) is -0.921. The van der Waals surface area contributed by atoms with Crippen molar-refractivity contribution in [2.75, 3.05) is 11.4 Å². The topological polar surface area (TPSA) is 58.9 Å². The number of hydrogen-bond donors (Lipinski definition) is 1. The Labute approximate surface area is 252 Å². The van der Waals surface area contributed by atoms with Gasteiger partial charge in [-0.05, 0) is 85.7 Å². The second kappa shape index (κ2) is 12.8. The summed E-state index contributed by atoms with van der Waals surface area (Å²) in [6.45, 7) is 4.72. The number of alkyl halides is 3. The summed E-state index contributed by atoms with van der Waals surface area (Å²) in [6, 6.07) is 14.4. The molecule has 0 saturated carbocycles. The second-order valence-corrected chi connectivity index (χ2v) is 10.6. The summed E-state index contributed by atoms with van der Waals surface area (Å²) in [5.41, 5.74) is 3.72. The smallest absolute Gasteiger partial charge is 0.406 e. The Morgan fingerprint density at radius 2 is 1.88 bits per heavy atom. The van der Waals surface area contributed by atoms with Crippen molar-refractivity contribution in [2.24, 2.45) is 0 Å². The first kappa shape index (κ1) is 31.4. The van der Waals surface area contributed by atoms with Crippen LogP contribution in [-0.4, -0.2) is 34.2 Å². The number of imidazole rings is 1. The van der Waals surface area contributed by atoms with Crippen molar-refractivity contribution >= 4 is 41.2 Å². The predicted octanol–water partition coefficient (Wildman–Crippen LogP) is 7.71. The maximum atomic E-state index is 15.3. The molecule has 1 unspecified atom stereocenters. The maximum Gasteiger partial charge on any atom is 0.573 e. The van der Waals surface area contributed by atoms with E-state index in [0.717, 1.165) is 5.69 Å². The number of carbonyl (C=O) groups excluding carboxylic acids is 1. The van der Waals surface area contributed by atoms with Crippen LogP contribution in [0.15, 0.2) is 60.8 Å². The maximum absolute atomic E-state index is 15.3. The number of piperidine rings is 1. The van der Waals surface area contributed by atoms with Crippen molar-refractivity contribution in [3.05, 3.63) is 94.1 Å². The molecule has 1 N–H and O–H groups in total. The number of aromatic nitrogens is 2. The number of fused-ring (bicyclic) bond motifs is 1. The summed E-state index contributed by atoms with van der Waals surface area (Å²) in [4.78, 5) is 19.7. The Balaban J connectivity index is 0.00000405. The molecule has 2 aromatic heterocycles. The molecule has 0 radical (unpaired) electrons. The summed E-state index contributed by atoms with van der Waals surface area (Å²) >= 11 is 6.13. The molecule has 0 aliphatic carbocycles. The quantitative estimate of drug-likeness (QED) is 0.214. The minimum absolute atomic E-state index is 0. The lowest BCUT2D eigenvalue weighted by Crippen LogP contribution is -2.40. The molecule has 1 saturated heterocycles. The second-order valence-electron chi connectivity index (χ2n) is 10.2. The minimum atomic E-state index is -4.74. The summed E-state index contributed by atoms with van der Waals surface area (Å²) in [5, 5.41) is 3.36. The van der Waals surface area contributed by atoms with Crippen LogP contribution in [0.4, 0.5) is 23.2 Å². The van der Waals surface area contributed by atoms with Crippen LogP contribution >= 0.6 is 24.0 Å². The van der Waals surface area contributed by atoms with Gasteiger partial charge in [-0.2, -0.15) is 0 Å². The standard InChI is InChI=1S/C30H29ClF4N4O2.ClH/c1-3-26-28(39-17-21(31)5-11-27(39)37-26)29(40)36-16-19-4-10-24(25(32)15-19)20-12-13-38(18(2)14-20)22-6-8-23(9-7-22)41-30(33,34)35;/h4-11,15,17-18,20H,3,12-14,16H2,1-2H3,(H,36,40);1H/t18-,20?;/m0./s1. The molecule has 1 aliphatic rings. The summed E-state index contributed by atoms with van der Waals surface area (Å²) in [7, 11) is 0. The number of benzene rings is 2. The number of halogens is 6. The first-order valence-electron chi connectivity index (χ1n) is 13.4. The van der Waals surface area contributed by atoms with E-state index in [4.69, 9.17) is 11.6 Å². The molecule has 12 heteroatoms. The average Bonchev–Trinajstić information content (AvgIpc) is 3.29. The van der Waals surface area contributed by atoms with Crippen molar-refractivity contribution in [3.63, 3.8) is 0 Å². The number of aryl methyl sites for hydroxylation is 1. The van der Waals surface area contributed by atoms with Crippen LogP contribution in [0.1, 0.15) is 59.9 Å². The van der Waals surface area contributed by atoms with Crippen molar-refractivity contribution in [2.45, 2.75) is 58.0 Å². The highest BCUT2D eigenvalue weighted by molar-refractivity contribution is 6.30. The largest absolute Gasteiger partial charge is 0.573 e. The molecule has 1 fully saturated rings. The van der Waals surface area contributed by atoms with Gasteiger partial charge in [0, 0.05) is 31.0 Å². The highest BCUT2D eigenvalue weighted by atomic mass is 35.5. The van der Waals surface area contributed by atoms with E-state index >= 15 is 4.39 Å². The van der Waals surface area contributed by atoms with Crippen LogP contribution in [0.3, 0.4) is 0 Å². The molecular weight excluding hydrogens is 595 g/mol. The number of ether oxygens (including phenoxy) is 1. The molecule has 6 nitrogen and oxygen atoms in total. The number of nitrogens with zero attached hydrogens (tertiary/aromatic N) is 3. The van der Waals surface area contributed by atoms with E-state index in [1.165, 1.54) is 18.2 Å². The van der Waals surface area contributed by atoms with Gasteiger partial charge < -0.3 is 15.0 Å². The number of nitrogens with one attached hydrogen (secondary N) is 1. The summed E-state index contributed by atoms with van der Waals surface area (Å²) in [6.07, 6.45) is -1.14. The van der Waals surface area contributed by atoms with Gasteiger partial charge in [-0.3, -0.25) is 9.20 Å². The Kier molecular flexibility index (Phi) is 9.57. The van der Waals surface area contributed by atoms with Gasteiger partial charge in [0.25, 0.3) is 5.91 Å². The van der Waals surface area contributed by atoms with E-state index in [2.05, 4.69) is 19.9 Å². The summed E-state index contributed by atoms with van der Waals surface area (Å²) < 4.78 is 58.3. The minimum Gasteiger partial charge on any atom is -0.406 e. The molecule has 1 aliphatic heterocycles. The Hall–Kier alpha value is -3.50. The van der Waals surface area contributed by atoms with E-state index in [1.54, 1.807) is 40.9 Å². The molecule has 0 bridgehead atoms. The van der Waals surface area contributed by atoms with Crippen LogP contribution in [0.5, 0.6) is 5.75 Å². The van der Waals surface area contributed by atoms with Gasteiger partial charge in [0.1, 0.15) is 22.9 Å². The highest BCUT2D eigenvalue weighted by Gasteiger charge is 2.32. The Bertz CT molecular complexity index is 1560. The van der Waals surface area contributed by atoms with Crippen LogP contribution in [0.2, 0.25) is 5.02 Å². The van der Waals surface area contributed by atoms with Crippen molar-refractivity contribution in [1.29, 1.82) is 0 Å². The first-order chi connectivity index (χ1) is 19.5. The third-order valence-electron chi connectivity index (χ3n) is 7.44. The molecule has 2 aromatic carbocycles. The number of anilines is 1. The molecule has 5 rings (SSSR count). The number of hydrogen-bond acceptors (Lipinski definition) is 4. The fraction of sp³-hybridized carbons (Fsp3) is 0.333. The Morgan fingerprint density at radius 1 is 1.14 bits per heavy atom. The third-order valence-corrected chi connectivity index (χ3v) is 7.66. The van der Waals surface area contributed by atoms with Crippen LogP contribution in [-0.2, 0) is 13.0 Å². The van der Waals surface area contributed by atoms with E-state index in [1.807, 2.05) is 19.9 Å². The third kappa shape index (κ3) is 6.93. The van der Waals surface area contributed by atoms with E-state index in [0.29, 0.717) is 59.0 Å². The van der Waals surface area contributed by atoms with Crippen LogP contribution < -0.4 is 15.0 Å². The first-order valence-corrected chi connectivity index (χ1v) is 13.8. The van der Waals surface area contributed by atoms with E-state index < -0.39 is 6.36 Å². The zero-order valence-electron chi connectivity index (χ0n) is 22.9. The van der Waals surface area contributed by atoms with Crippen LogP contribution in [0.25, 0.3) is 5.65 Å². The van der Waals surface area contributed by atoms with Gasteiger partial charge >= 0.3 is 6.36 Å². The lowest BCUT2D eigenvalue weighted by Gasteiger charge is -2.39. The van der Waals surface area contributed by atoms with Gasteiger partial charge in [-0.25, -0.2) is 9.37 Å². The zero-order valence-corrected chi connectivity index (χ0v) is 24.5. The van der Waals surface area contributed by atoms with Crippen LogP contribution in [0, 0.1) is 5.82 Å². The normalized spacial score (nSPS) is 17.2. The SMILES string of the molecule is CCc1nc2ccc(Cl)cn2c1C(=O)NCc1ccc(C2CCN(c3ccc(OC(F)(F)F)cc3)[C@@H](C)C2)c(F)c1.Cl. The fourth-order valence-electron chi connectivity index (χ4n) is 5.51. The lowest BCUT2D eigenvalue weighted by molar-refractivity contribution is -0.274. The monoisotopic (exact) mass is 624 g/mol. The molecular formula is C30H30Cl2F4N4O2. The highest BCUT2D eigenvalue weighted by Crippen LogP contribution is 2.36. The predicted molar refractivity (Wildman–Crippen MR) is 156 cm³/mol. The molecule has 224 valence electrons. The fourth-order valence-corrected chi connectivity index (χ4v) is 5.67. The number of pyridine rings is 1. The van der Waals surface area contributed by atoms with Gasteiger partial charge in [-0.1, -0.05) is 30.7 Å².